The molecule has 0 radical (unpaired) electrons. The molecule has 1 saturated heterocycles. The van der Waals surface area contributed by atoms with Crippen LogP contribution >= 0.6 is 11.3 Å². The molecule has 1 atom stereocenters. The van der Waals surface area contributed by atoms with E-state index in [2.05, 4.69) is 9.72 Å². The standard InChI is InChI=1S/C12H11F3N2O2S/c13-12(14,15)10-6-17(2-3-19-10)11(18)8-5-9-7(16-8)1-4-20-9/h1,4-5,10,16H,2-3,6H2/t10-/m1/s1. The Morgan fingerprint density at radius 3 is 3.00 bits per heavy atom. The number of thiophene rings is 1. The second-order valence-electron chi connectivity index (χ2n) is 4.53. The Morgan fingerprint density at radius 2 is 2.30 bits per heavy atom. The maximum atomic E-state index is 12.6. The molecule has 1 fully saturated rings. The number of fused-ring (bicyclic) bond motifs is 1. The summed E-state index contributed by atoms with van der Waals surface area (Å²) in [4.78, 5) is 16.3. The first kappa shape index (κ1) is 13.4. The van der Waals surface area contributed by atoms with Gasteiger partial charge in [0.2, 0.25) is 0 Å². The lowest BCUT2D eigenvalue weighted by Gasteiger charge is -2.33. The maximum Gasteiger partial charge on any atom is 0.416 e. The molecule has 1 N–H and O–H groups in total. The molecule has 1 amide bonds. The molecule has 0 saturated carbocycles. The smallest absolute Gasteiger partial charge is 0.365 e. The van der Waals surface area contributed by atoms with Gasteiger partial charge < -0.3 is 14.6 Å². The van der Waals surface area contributed by atoms with Crippen molar-refractivity contribution in [3.63, 3.8) is 0 Å². The number of aromatic amines is 1. The van der Waals surface area contributed by atoms with Crippen molar-refractivity contribution in [2.45, 2.75) is 12.3 Å². The third-order valence-electron chi connectivity index (χ3n) is 3.19. The number of hydrogen-bond donors (Lipinski definition) is 1. The average Bonchev–Trinajstić information content (AvgIpc) is 2.97. The van der Waals surface area contributed by atoms with Gasteiger partial charge >= 0.3 is 6.18 Å². The van der Waals surface area contributed by atoms with Gasteiger partial charge in [-0.15, -0.1) is 11.3 Å². The Bertz CT molecular complexity index is 605. The summed E-state index contributed by atoms with van der Waals surface area (Å²) < 4.78 is 43.5. The van der Waals surface area contributed by atoms with E-state index in [1.807, 2.05) is 11.4 Å². The fraction of sp³-hybridized carbons (Fsp3) is 0.417. The van der Waals surface area contributed by atoms with Gasteiger partial charge in [0.25, 0.3) is 5.91 Å². The SMILES string of the molecule is O=C(c1cc2sccc2[nH]1)N1CCO[C@@H](C(F)(F)F)C1. The second-order valence-corrected chi connectivity index (χ2v) is 5.48. The van der Waals surface area contributed by atoms with Crippen molar-refractivity contribution in [2.24, 2.45) is 0 Å². The predicted octanol–water partition coefficient (Wildman–Crippen LogP) is 2.63. The van der Waals surface area contributed by atoms with E-state index in [9.17, 15) is 18.0 Å². The van der Waals surface area contributed by atoms with Crippen molar-refractivity contribution in [2.75, 3.05) is 19.7 Å². The monoisotopic (exact) mass is 304 g/mol. The highest BCUT2D eigenvalue weighted by atomic mass is 32.1. The Kier molecular flexibility index (Phi) is 3.21. The van der Waals surface area contributed by atoms with E-state index in [0.717, 1.165) is 10.2 Å². The van der Waals surface area contributed by atoms with Gasteiger partial charge in [0, 0.05) is 6.54 Å². The lowest BCUT2D eigenvalue weighted by Crippen LogP contribution is -2.51. The Balaban J connectivity index is 1.78. The van der Waals surface area contributed by atoms with E-state index < -0.39 is 24.7 Å². The number of morpholine rings is 1. The highest BCUT2D eigenvalue weighted by molar-refractivity contribution is 7.17. The van der Waals surface area contributed by atoms with E-state index in [4.69, 9.17) is 0 Å². The normalized spacial score (nSPS) is 20.6. The first-order chi connectivity index (χ1) is 9.45. The summed E-state index contributed by atoms with van der Waals surface area (Å²) in [6, 6.07) is 3.50. The molecule has 2 aromatic heterocycles. The van der Waals surface area contributed by atoms with Gasteiger partial charge in [-0.1, -0.05) is 0 Å². The number of nitrogens with one attached hydrogen (secondary N) is 1. The van der Waals surface area contributed by atoms with Crippen LogP contribution in [0.2, 0.25) is 0 Å². The van der Waals surface area contributed by atoms with Crippen LogP contribution in [0.3, 0.4) is 0 Å². The van der Waals surface area contributed by atoms with Gasteiger partial charge in [0.15, 0.2) is 6.10 Å². The zero-order valence-electron chi connectivity index (χ0n) is 10.2. The first-order valence-corrected chi connectivity index (χ1v) is 6.87. The molecule has 108 valence electrons. The number of hydrogen-bond acceptors (Lipinski definition) is 3. The summed E-state index contributed by atoms with van der Waals surface area (Å²) >= 11 is 1.47. The number of H-pyrrole nitrogens is 1. The molecule has 0 unspecified atom stereocenters. The van der Waals surface area contributed by atoms with Gasteiger partial charge in [-0.3, -0.25) is 4.79 Å². The van der Waals surface area contributed by atoms with Gasteiger partial charge in [0.05, 0.1) is 23.4 Å². The maximum absolute atomic E-state index is 12.6. The van der Waals surface area contributed by atoms with Crippen molar-refractivity contribution in [1.29, 1.82) is 0 Å². The molecule has 1 aliphatic heterocycles. The minimum absolute atomic E-state index is 0.106. The van der Waals surface area contributed by atoms with Gasteiger partial charge in [-0.05, 0) is 17.5 Å². The lowest BCUT2D eigenvalue weighted by atomic mass is 10.2. The van der Waals surface area contributed by atoms with Crippen molar-refractivity contribution in [3.05, 3.63) is 23.2 Å². The van der Waals surface area contributed by atoms with E-state index in [-0.39, 0.29) is 13.2 Å². The van der Waals surface area contributed by atoms with Crippen LogP contribution in [0.1, 0.15) is 10.5 Å². The van der Waals surface area contributed by atoms with Crippen LogP contribution in [0.4, 0.5) is 13.2 Å². The van der Waals surface area contributed by atoms with E-state index >= 15 is 0 Å². The summed E-state index contributed by atoms with van der Waals surface area (Å²) in [5.41, 5.74) is 1.13. The summed E-state index contributed by atoms with van der Waals surface area (Å²) in [5, 5.41) is 1.88. The third-order valence-corrected chi connectivity index (χ3v) is 4.05. The fourth-order valence-electron chi connectivity index (χ4n) is 2.17. The minimum Gasteiger partial charge on any atom is -0.365 e. The number of rotatable bonds is 1. The molecular weight excluding hydrogens is 293 g/mol. The van der Waals surface area contributed by atoms with Crippen LogP contribution in [0.25, 0.3) is 10.2 Å². The Hall–Kier alpha value is -1.54. The fourth-order valence-corrected chi connectivity index (χ4v) is 2.95. The molecule has 8 heteroatoms. The van der Waals surface area contributed by atoms with Crippen molar-refractivity contribution in [1.82, 2.24) is 9.88 Å². The molecule has 0 bridgehead atoms. The minimum atomic E-state index is -4.45. The van der Waals surface area contributed by atoms with Gasteiger partial charge in [-0.25, -0.2) is 0 Å². The molecule has 0 spiro atoms. The number of nitrogens with zero attached hydrogens (tertiary/aromatic N) is 1. The lowest BCUT2D eigenvalue weighted by molar-refractivity contribution is -0.233. The van der Waals surface area contributed by atoms with Crippen LogP contribution in [-0.2, 0) is 4.74 Å². The topological polar surface area (TPSA) is 45.3 Å². The average molecular weight is 304 g/mol. The summed E-state index contributed by atoms with van der Waals surface area (Å²) in [6.45, 7) is -0.405. The molecule has 2 aromatic rings. The molecule has 4 nitrogen and oxygen atoms in total. The molecule has 3 heterocycles. The molecule has 20 heavy (non-hydrogen) atoms. The number of carbonyl (C=O) groups excluding carboxylic acids is 1. The van der Waals surface area contributed by atoms with E-state index in [0.29, 0.717) is 5.69 Å². The highest BCUT2D eigenvalue weighted by Crippen LogP contribution is 2.27. The van der Waals surface area contributed by atoms with Crippen LogP contribution in [-0.4, -0.2) is 47.8 Å². The number of carbonyl (C=O) groups is 1. The summed E-state index contributed by atoms with van der Waals surface area (Å²) in [5.74, 6) is -0.425. The Morgan fingerprint density at radius 1 is 1.50 bits per heavy atom. The van der Waals surface area contributed by atoms with Crippen molar-refractivity contribution < 1.29 is 22.7 Å². The summed E-state index contributed by atoms with van der Waals surface area (Å²) in [6.07, 6.45) is -6.36. The van der Waals surface area contributed by atoms with Crippen LogP contribution in [0.15, 0.2) is 17.5 Å². The molecule has 0 aromatic carbocycles. The first-order valence-electron chi connectivity index (χ1n) is 5.99. The van der Waals surface area contributed by atoms with Crippen molar-refractivity contribution in [3.8, 4) is 0 Å². The number of alkyl halides is 3. The van der Waals surface area contributed by atoms with Gasteiger partial charge in [0.1, 0.15) is 5.69 Å². The molecule has 0 aliphatic carbocycles. The van der Waals surface area contributed by atoms with Crippen LogP contribution < -0.4 is 0 Å². The van der Waals surface area contributed by atoms with Crippen LogP contribution in [0, 0.1) is 0 Å². The third kappa shape index (κ3) is 2.40. The highest BCUT2D eigenvalue weighted by Gasteiger charge is 2.44. The molecule has 1 aliphatic rings. The Labute approximate surface area is 116 Å². The number of halogens is 3. The van der Waals surface area contributed by atoms with Gasteiger partial charge in [-0.2, -0.15) is 13.2 Å². The van der Waals surface area contributed by atoms with E-state index in [1.54, 1.807) is 6.07 Å². The second kappa shape index (κ2) is 4.78. The zero-order valence-corrected chi connectivity index (χ0v) is 11.1. The zero-order chi connectivity index (χ0) is 14.3. The molecule has 3 rings (SSSR count). The summed E-state index contributed by atoms with van der Waals surface area (Å²) in [7, 11) is 0. The number of aromatic nitrogens is 1. The number of amides is 1. The largest absolute Gasteiger partial charge is 0.416 e. The quantitative estimate of drug-likeness (QED) is 0.880. The molecular formula is C12H11F3N2O2S. The number of ether oxygens (including phenoxy) is 1. The van der Waals surface area contributed by atoms with Crippen molar-refractivity contribution >= 4 is 27.5 Å². The predicted molar refractivity (Wildman–Crippen MR) is 67.9 cm³/mol. The van der Waals surface area contributed by atoms with E-state index in [1.165, 1.54) is 16.2 Å². The van der Waals surface area contributed by atoms with Crippen LogP contribution in [0.5, 0.6) is 0 Å².